The summed E-state index contributed by atoms with van der Waals surface area (Å²) in [5.74, 6) is 0.626. The molecule has 0 saturated heterocycles. The summed E-state index contributed by atoms with van der Waals surface area (Å²) in [4.78, 5) is 35.0. The van der Waals surface area contributed by atoms with Gasteiger partial charge in [-0.1, -0.05) is 98.3 Å². The number of fused-ring (bicyclic) bond motifs is 1. The zero-order chi connectivity index (χ0) is 28.9. The van der Waals surface area contributed by atoms with Crippen molar-refractivity contribution in [2.45, 2.75) is 53.0 Å². The number of hydrogen-bond donors (Lipinski definition) is 0. The first-order chi connectivity index (χ1) is 19.9. The quantitative estimate of drug-likeness (QED) is 0.192. The first-order valence-corrected chi connectivity index (χ1v) is 14.4. The topological polar surface area (TPSA) is 55.2 Å². The Balaban J connectivity index is 1.55. The van der Waals surface area contributed by atoms with Gasteiger partial charge in [-0.25, -0.2) is 4.98 Å². The third-order valence-electron chi connectivity index (χ3n) is 7.69. The lowest BCUT2D eigenvalue weighted by Gasteiger charge is -2.32. The fraction of sp³-hybridized carbons (Fsp3) is 0.250. The van der Waals surface area contributed by atoms with Crippen molar-refractivity contribution in [3.05, 3.63) is 130 Å². The van der Waals surface area contributed by atoms with E-state index in [2.05, 4.69) is 38.1 Å². The van der Waals surface area contributed by atoms with Crippen molar-refractivity contribution in [3.63, 3.8) is 0 Å². The summed E-state index contributed by atoms with van der Waals surface area (Å²) < 4.78 is 1.72. The number of aryl methyl sites for hydroxylation is 2. The molecule has 41 heavy (non-hydrogen) atoms. The molecule has 0 N–H and O–H groups in total. The highest BCUT2D eigenvalue weighted by Gasteiger charge is 2.29. The predicted molar refractivity (Wildman–Crippen MR) is 167 cm³/mol. The fourth-order valence-corrected chi connectivity index (χ4v) is 5.54. The Hall–Kier alpha value is -4.51. The molecule has 5 heteroatoms. The molecule has 4 aromatic carbocycles. The number of nitrogens with zero attached hydrogens (tertiary/aromatic N) is 3. The van der Waals surface area contributed by atoms with E-state index in [0.717, 1.165) is 39.9 Å². The van der Waals surface area contributed by atoms with Gasteiger partial charge >= 0.3 is 0 Å². The molecule has 5 nitrogen and oxygen atoms in total. The second-order valence-electron chi connectivity index (χ2n) is 10.7. The minimum absolute atomic E-state index is 0.0280. The van der Waals surface area contributed by atoms with Crippen LogP contribution in [0.3, 0.4) is 0 Å². The molecule has 0 aliphatic rings. The van der Waals surface area contributed by atoms with Crippen LogP contribution in [0.2, 0.25) is 0 Å². The summed E-state index contributed by atoms with van der Waals surface area (Å²) in [5.41, 5.74) is 6.54. The molecule has 0 radical (unpaired) electrons. The van der Waals surface area contributed by atoms with E-state index in [-0.39, 0.29) is 23.9 Å². The minimum Gasteiger partial charge on any atom is -0.332 e. The van der Waals surface area contributed by atoms with Crippen LogP contribution >= 0.6 is 0 Å². The number of carbonyl (C=O) groups is 1. The van der Waals surface area contributed by atoms with Crippen LogP contribution in [0.25, 0.3) is 27.7 Å². The van der Waals surface area contributed by atoms with Gasteiger partial charge in [0.2, 0.25) is 5.91 Å². The monoisotopic (exact) mass is 543 g/mol. The molecule has 1 aromatic heterocycles. The van der Waals surface area contributed by atoms with Gasteiger partial charge in [-0.2, -0.15) is 0 Å². The number of rotatable bonds is 9. The lowest BCUT2D eigenvalue weighted by Crippen LogP contribution is -2.39. The summed E-state index contributed by atoms with van der Waals surface area (Å²) in [6.07, 6.45) is 1.72. The van der Waals surface area contributed by atoms with E-state index in [1.165, 1.54) is 0 Å². The van der Waals surface area contributed by atoms with Crippen LogP contribution in [-0.2, 0) is 11.2 Å². The summed E-state index contributed by atoms with van der Waals surface area (Å²) in [5, 5.41) is 0.610. The van der Waals surface area contributed by atoms with E-state index in [0.29, 0.717) is 29.7 Å². The number of carbonyl (C=O) groups excluding carboxylic acids is 1. The average molecular weight is 544 g/mol. The van der Waals surface area contributed by atoms with E-state index in [9.17, 15) is 9.59 Å². The van der Waals surface area contributed by atoms with E-state index in [1.54, 1.807) is 4.57 Å². The molecular formula is C36H37N3O2. The van der Waals surface area contributed by atoms with Gasteiger partial charge in [0.1, 0.15) is 5.82 Å². The molecule has 0 saturated carbocycles. The lowest BCUT2D eigenvalue weighted by molar-refractivity contribution is -0.133. The van der Waals surface area contributed by atoms with E-state index in [1.807, 2.05) is 91.5 Å². The molecule has 0 spiro atoms. The molecule has 0 fully saturated rings. The number of hydrogen-bond acceptors (Lipinski definition) is 3. The Labute approximate surface area is 242 Å². The normalized spacial score (nSPS) is 11.9. The maximum atomic E-state index is 14.1. The molecule has 208 valence electrons. The van der Waals surface area contributed by atoms with Crippen LogP contribution < -0.4 is 5.56 Å². The minimum atomic E-state index is -0.357. The molecule has 1 atom stereocenters. The standard InChI is InChI=1S/C36H37N3O2/c1-5-23-38(33(40)24-27-17-19-29(20-18-27)28-12-8-7-9-13-28)32(6-2)35-37-31-14-10-11-26(4)34(31)36(41)39(35)30-21-15-25(3)16-22-30/h7-22,32H,5-6,23-24H2,1-4H3. The first kappa shape index (κ1) is 28.0. The van der Waals surface area contributed by atoms with Gasteiger partial charge in [-0.05, 0) is 67.1 Å². The smallest absolute Gasteiger partial charge is 0.266 e. The summed E-state index contributed by atoms with van der Waals surface area (Å²) >= 11 is 0. The van der Waals surface area contributed by atoms with E-state index < -0.39 is 0 Å². The summed E-state index contributed by atoms with van der Waals surface area (Å²) in [6, 6.07) is 31.8. The second kappa shape index (κ2) is 12.3. The molecular weight excluding hydrogens is 506 g/mol. The molecule has 0 bridgehead atoms. The highest BCUT2D eigenvalue weighted by molar-refractivity contribution is 5.82. The van der Waals surface area contributed by atoms with Gasteiger partial charge < -0.3 is 4.90 Å². The van der Waals surface area contributed by atoms with Crippen molar-refractivity contribution in [2.75, 3.05) is 6.54 Å². The second-order valence-corrected chi connectivity index (χ2v) is 10.7. The average Bonchev–Trinajstić information content (AvgIpc) is 2.98. The van der Waals surface area contributed by atoms with Crippen LogP contribution in [-0.4, -0.2) is 26.9 Å². The zero-order valence-electron chi connectivity index (χ0n) is 24.3. The summed E-state index contributed by atoms with van der Waals surface area (Å²) in [7, 11) is 0. The molecule has 1 heterocycles. The van der Waals surface area contributed by atoms with Crippen LogP contribution in [0.1, 0.15) is 55.2 Å². The van der Waals surface area contributed by atoms with Crippen LogP contribution in [0.15, 0.2) is 102 Å². The van der Waals surface area contributed by atoms with Crippen LogP contribution in [0.5, 0.6) is 0 Å². The van der Waals surface area contributed by atoms with Gasteiger partial charge in [0.05, 0.1) is 29.1 Å². The van der Waals surface area contributed by atoms with Crippen molar-refractivity contribution >= 4 is 16.8 Å². The zero-order valence-corrected chi connectivity index (χ0v) is 24.3. The Morgan fingerprint density at radius 1 is 0.829 bits per heavy atom. The maximum absolute atomic E-state index is 14.1. The van der Waals surface area contributed by atoms with Crippen molar-refractivity contribution in [3.8, 4) is 16.8 Å². The molecule has 0 aliphatic heterocycles. The number of amides is 1. The van der Waals surface area contributed by atoms with E-state index >= 15 is 0 Å². The van der Waals surface area contributed by atoms with Gasteiger partial charge in [-0.15, -0.1) is 0 Å². The number of benzene rings is 4. The third-order valence-corrected chi connectivity index (χ3v) is 7.69. The third kappa shape index (κ3) is 5.85. The SMILES string of the molecule is CCCN(C(=O)Cc1ccc(-c2ccccc2)cc1)C(CC)c1nc2cccc(C)c2c(=O)n1-c1ccc(C)cc1. The molecule has 1 amide bonds. The summed E-state index contributed by atoms with van der Waals surface area (Å²) in [6.45, 7) is 8.68. The van der Waals surface area contributed by atoms with Gasteiger partial charge in [0.15, 0.2) is 0 Å². The highest BCUT2D eigenvalue weighted by Crippen LogP contribution is 2.28. The molecule has 5 aromatic rings. The van der Waals surface area contributed by atoms with Crippen molar-refractivity contribution in [1.29, 1.82) is 0 Å². The van der Waals surface area contributed by atoms with Crippen molar-refractivity contribution in [1.82, 2.24) is 14.5 Å². The van der Waals surface area contributed by atoms with Gasteiger partial charge in [0.25, 0.3) is 5.56 Å². The molecule has 0 aliphatic carbocycles. The number of aromatic nitrogens is 2. The maximum Gasteiger partial charge on any atom is 0.266 e. The molecule has 1 unspecified atom stereocenters. The molecule has 5 rings (SSSR count). The fourth-order valence-electron chi connectivity index (χ4n) is 5.54. The van der Waals surface area contributed by atoms with Gasteiger partial charge in [-0.3, -0.25) is 14.2 Å². The van der Waals surface area contributed by atoms with Crippen molar-refractivity contribution in [2.24, 2.45) is 0 Å². The Kier molecular flexibility index (Phi) is 8.44. The first-order valence-electron chi connectivity index (χ1n) is 14.4. The lowest BCUT2D eigenvalue weighted by atomic mass is 10.0. The van der Waals surface area contributed by atoms with Crippen LogP contribution in [0.4, 0.5) is 0 Å². The van der Waals surface area contributed by atoms with Crippen LogP contribution in [0, 0.1) is 13.8 Å². The Morgan fingerprint density at radius 2 is 1.51 bits per heavy atom. The predicted octanol–water partition coefficient (Wildman–Crippen LogP) is 7.60. The Morgan fingerprint density at radius 3 is 2.17 bits per heavy atom. The largest absolute Gasteiger partial charge is 0.332 e. The van der Waals surface area contributed by atoms with Crippen molar-refractivity contribution < 1.29 is 4.79 Å². The van der Waals surface area contributed by atoms with E-state index in [4.69, 9.17) is 4.98 Å². The van der Waals surface area contributed by atoms with Gasteiger partial charge in [0, 0.05) is 6.54 Å². The Bertz CT molecular complexity index is 1710. The highest BCUT2D eigenvalue weighted by atomic mass is 16.2.